The van der Waals surface area contributed by atoms with Crippen LogP contribution in [0.4, 0.5) is 17.6 Å². The molecule has 4 rings (SSSR count). The molecule has 0 unspecified atom stereocenters. The van der Waals surface area contributed by atoms with Gasteiger partial charge in [0.1, 0.15) is 0 Å². The van der Waals surface area contributed by atoms with Crippen molar-refractivity contribution in [2.45, 2.75) is 77.1 Å². The zero-order chi connectivity index (χ0) is 27.2. The van der Waals surface area contributed by atoms with Crippen LogP contribution >= 0.6 is 0 Å². The first-order valence-electron chi connectivity index (χ1n) is 13.7. The van der Waals surface area contributed by atoms with Gasteiger partial charge in [-0.1, -0.05) is 118 Å². The van der Waals surface area contributed by atoms with Crippen molar-refractivity contribution in [1.82, 2.24) is 0 Å². The highest BCUT2D eigenvalue weighted by molar-refractivity contribution is 5.76. The molecule has 0 aromatic heterocycles. The molecule has 1 aliphatic rings. The Balaban J connectivity index is 1.43. The van der Waals surface area contributed by atoms with Gasteiger partial charge in [-0.2, -0.15) is 17.6 Å². The summed E-state index contributed by atoms with van der Waals surface area (Å²) >= 11 is 0. The Morgan fingerprint density at radius 2 is 0.974 bits per heavy atom. The summed E-state index contributed by atoms with van der Waals surface area (Å²) in [6.07, 6.45) is 8.93. The fourth-order valence-electron chi connectivity index (χ4n) is 5.01. The number of allylic oxidation sites excluding steroid dienone is 4. The summed E-state index contributed by atoms with van der Waals surface area (Å²) in [4.78, 5) is 0. The lowest BCUT2D eigenvalue weighted by Crippen LogP contribution is -2.44. The summed E-state index contributed by atoms with van der Waals surface area (Å²) in [6, 6.07) is 22.7. The molecule has 4 heteroatoms. The fourth-order valence-corrected chi connectivity index (χ4v) is 5.01. The van der Waals surface area contributed by atoms with E-state index < -0.39 is 23.0 Å². The molecule has 0 saturated carbocycles. The molecular formula is C34H36F4. The molecule has 0 fully saturated rings. The minimum Gasteiger partial charge on any atom is -0.194 e. The van der Waals surface area contributed by atoms with Crippen molar-refractivity contribution >= 4 is 5.57 Å². The first-order valence-corrected chi connectivity index (χ1v) is 13.7. The average molecular weight is 521 g/mol. The van der Waals surface area contributed by atoms with Gasteiger partial charge in [0.15, 0.2) is 0 Å². The van der Waals surface area contributed by atoms with Gasteiger partial charge in [0.2, 0.25) is 0 Å². The van der Waals surface area contributed by atoms with E-state index in [0.29, 0.717) is 0 Å². The first-order chi connectivity index (χ1) is 18.3. The summed E-state index contributed by atoms with van der Waals surface area (Å²) in [5.41, 5.74) is 4.28. The monoisotopic (exact) mass is 520 g/mol. The molecule has 3 aromatic carbocycles. The standard InChI is InChI=1S/C34H36F4/c1-3-5-6-8-26-9-16-28(17-10-26)29-18-11-27(12-19-29)15-22-31-23-24-32(34(37,38)33(31,35)36)30-20-13-25(7-4-2)14-21-30/h9-14,16-21,23-24H,3-8,15,22H2,1-2H3. The quantitative estimate of drug-likeness (QED) is 0.174. The van der Waals surface area contributed by atoms with Gasteiger partial charge >= 0.3 is 11.8 Å². The Labute approximate surface area is 224 Å². The van der Waals surface area contributed by atoms with Crippen molar-refractivity contribution in [3.05, 3.63) is 113 Å². The zero-order valence-corrected chi connectivity index (χ0v) is 22.3. The number of halogens is 4. The molecule has 0 spiro atoms. The number of rotatable bonds is 11. The normalized spacial score (nSPS) is 16.2. The third-order valence-electron chi connectivity index (χ3n) is 7.38. The van der Waals surface area contributed by atoms with Gasteiger partial charge in [-0.25, -0.2) is 0 Å². The van der Waals surface area contributed by atoms with Crippen LogP contribution in [0.5, 0.6) is 0 Å². The van der Waals surface area contributed by atoms with Crippen molar-refractivity contribution in [3.63, 3.8) is 0 Å². The van der Waals surface area contributed by atoms with Crippen LogP contribution in [-0.2, 0) is 19.3 Å². The molecule has 0 saturated heterocycles. The molecule has 0 radical (unpaired) electrons. The van der Waals surface area contributed by atoms with Crippen LogP contribution in [0, 0.1) is 0 Å². The van der Waals surface area contributed by atoms with Gasteiger partial charge in [-0.05, 0) is 65.5 Å². The van der Waals surface area contributed by atoms with Crippen LogP contribution in [0.1, 0.15) is 68.2 Å². The van der Waals surface area contributed by atoms with Gasteiger partial charge in [0, 0.05) is 11.1 Å². The topological polar surface area (TPSA) is 0 Å². The van der Waals surface area contributed by atoms with Gasteiger partial charge in [0.25, 0.3) is 0 Å². The largest absolute Gasteiger partial charge is 0.339 e. The molecule has 1 aliphatic carbocycles. The Bertz CT molecular complexity index is 1250. The number of unbranched alkanes of at least 4 members (excludes halogenated alkanes) is 2. The molecule has 3 aromatic rings. The lowest BCUT2D eigenvalue weighted by atomic mass is 9.84. The molecule has 0 nitrogen and oxygen atoms in total. The maximum absolute atomic E-state index is 15.1. The Morgan fingerprint density at radius 1 is 0.474 bits per heavy atom. The molecule has 0 atom stereocenters. The van der Waals surface area contributed by atoms with E-state index in [1.54, 1.807) is 12.1 Å². The number of hydrogen-bond acceptors (Lipinski definition) is 0. The number of alkyl halides is 4. The van der Waals surface area contributed by atoms with Crippen LogP contribution in [0.2, 0.25) is 0 Å². The highest BCUT2D eigenvalue weighted by Gasteiger charge is 2.61. The summed E-state index contributed by atoms with van der Waals surface area (Å²) in [5, 5.41) is 0. The second kappa shape index (κ2) is 12.1. The molecular weight excluding hydrogens is 484 g/mol. The minimum absolute atomic E-state index is 0.131. The van der Waals surface area contributed by atoms with E-state index in [9.17, 15) is 0 Å². The number of benzene rings is 3. The highest BCUT2D eigenvalue weighted by Crippen LogP contribution is 2.51. The molecule has 200 valence electrons. The van der Waals surface area contributed by atoms with Crippen molar-refractivity contribution in [2.75, 3.05) is 0 Å². The van der Waals surface area contributed by atoms with Crippen LogP contribution < -0.4 is 0 Å². The second-order valence-electron chi connectivity index (χ2n) is 10.2. The van der Waals surface area contributed by atoms with Crippen molar-refractivity contribution < 1.29 is 17.6 Å². The Hall–Kier alpha value is -3.14. The summed E-state index contributed by atoms with van der Waals surface area (Å²) in [6.45, 7) is 4.22. The summed E-state index contributed by atoms with van der Waals surface area (Å²) < 4.78 is 60.2. The predicted octanol–water partition coefficient (Wildman–Crippen LogP) is 10.3. The van der Waals surface area contributed by atoms with E-state index >= 15 is 17.6 Å². The van der Waals surface area contributed by atoms with E-state index in [-0.39, 0.29) is 18.4 Å². The zero-order valence-electron chi connectivity index (χ0n) is 22.3. The van der Waals surface area contributed by atoms with Crippen molar-refractivity contribution in [3.8, 4) is 11.1 Å². The molecule has 38 heavy (non-hydrogen) atoms. The van der Waals surface area contributed by atoms with E-state index in [1.807, 2.05) is 31.2 Å². The van der Waals surface area contributed by atoms with Gasteiger partial charge < -0.3 is 0 Å². The number of hydrogen-bond donors (Lipinski definition) is 0. The first kappa shape index (κ1) is 27.9. The third kappa shape index (κ3) is 6.11. The maximum Gasteiger partial charge on any atom is 0.339 e. The molecule has 0 aliphatic heterocycles. The van der Waals surface area contributed by atoms with Gasteiger partial charge in [0.05, 0.1) is 0 Å². The van der Waals surface area contributed by atoms with Crippen LogP contribution in [0.25, 0.3) is 16.7 Å². The SMILES string of the molecule is CCCCCc1ccc(-c2ccc(CCC3=CC=C(c4ccc(CCC)cc4)C(F)(F)C3(F)F)cc2)cc1. The van der Waals surface area contributed by atoms with E-state index in [2.05, 4.69) is 31.2 Å². The maximum atomic E-state index is 15.1. The molecule has 0 amide bonds. The summed E-state index contributed by atoms with van der Waals surface area (Å²) in [5.74, 6) is -8.51. The minimum atomic E-state index is -4.27. The highest BCUT2D eigenvalue weighted by atomic mass is 19.3. The predicted molar refractivity (Wildman–Crippen MR) is 150 cm³/mol. The van der Waals surface area contributed by atoms with Crippen molar-refractivity contribution in [2.24, 2.45) is 0 Å². The number of aryl methyl sites for hydroxylation is 3. The van der Waals surface area contributed by atoms with Crippen LogP contribution in [-0.4, -0.2) is 11.8 Å². The lowest BCUT2D eigenvalue weighted by molar-refractivity contribution is -0.149. The summed E-state index contributed by atoms with van der Waals surface area (Å²) in [7, 11) is 0. The van der Waals surface area contributed by atoms with E-state index in [0.717, 1.165) is 47.6 Å². The molecule has 0 N–H and O–H groups in total. The smallest absolute Gasteiger partial charge is 0.194 e. The van der Waals surface area contributed by atoms with Crippen LogP contribution in [0.15, 0.2) is 90.5 Å². The van der Waals surface area contributed by atoms with E-state index in [4.69, 9.17) is 0 Å². The average Bonchev–Trinajstić information content (AvgIpc) is 2.91. The van der Waals surface area contributed by atoms with E-state index in [1.165, 1.54) is 43.0 Å². The Morgan fingerprint density at radius 3 is 1.50 bits per heavy atom. The third-order valence-corrected chi connectivity index (χ3v) is 7.38. The second-order valence-corrected chi connectivity index (χ2v) is 10.2. The molecule has 0 bridgehead atoms. The van der Waals surface area contributed by atoms with Crippen molar-refractivity contribution in [1.29, 1.82) is 0 Å². The van der Waals surface area contributed by atoms with Gasteiger partial charge in [-0.15, -0.1) is 0 Å². The van der Waals surface area contributed by atoms with Crippen LogP contribution in [0.3, 0.4) is 0 Å². The van der Waals surface area contributed by atoms with Gasteiger partial charge in [-0.3, -0.25) is 0 Å². The Kier molecular flexibility index (Phi) is 8.91. The lowest BCUT2D eigenvalue weighted by Gasteiger charge is -2.33. The molecule has 0 heterocycles. The fraction of sp³-hybridized carbons (Fsp3) is 0.353.